The SMILES string of the molecule is C=CCC(NN)C(C)(CC)N(CC)CC. The molecule has 3 N–H and O–H groups in total. The Morgan fingerprint density at radius 2 is 1.93 bits per heavy atom. The second-order valence-electron chi connectivity index (χ2n) is 4.13. The van der Waals surface area contributed by atoms with E-state index in [9.17, 15) is 0 Å². The minimum atomic E-state index is 0.104. The molecule has 0 aliphatic carbocycles. The Kier molecular flexibility index (Phi) is 6.81. The van der Waals surface area contributed by atoms with Crippen molar-refractivity contribution >= 4 is 0 Å². The largest absolute Gasteiger partial charge is 0.297 e. The van der Waals surface area contributed by atoms with Crippen molar-refractivity contribution in [2.75, 3.05) is 13.1 Å². The zero-order chi connectivity index (χ0) is 11.9. The van der Waals surface area contributed by atoms with Gasteiger partial charge in [-0.1, -0.05) is 26.8 Å². The molecule has 0 heterocycles. The number of likely N-dealkylation sites (N-methyl/N-ethyl adjacent to an activating group) is 1. The lowest BCUT2D eigenvalue weighted by atomic mass is 9.85. The lowest BCUT2D eigenvalue weighted by Crippen LogP contribution is -2.60. The minimum absolute atomic E-state index is 0.104. The fourth-order valence-corrected chi connectivity index (χ4v) is 2.30. The number of hydrogen-bond donors (Lipinski definition) is 2. The maximum Gasteiger partial charge on any atom is 0.0426 e. The van der Waals surface area contributed by atoms with E-state index < -0.39 is 0 Å². The summed E-state index contributed by atoms with van der Waals surface area (Å²) in [7, 11) is 0. The molecule has 0 fully saturated rings. The Bertz CT molecular complexity index is 178. The number of nitrogens with two attached hydrogens (primary N) is 1. The van der Waals surface area contributed by atoms with Crippen LogP contribution in [0.5, 0.6) is 0 Å². The molecule has 0 aromatic heterocycles. The molecule has 0 spiro atoms. The normalized spacial score (nSPS) is 17.5. The molecule has 0 aromatic rings. The summed E-state index contributed by atoms with van der Waals surface area (Å²) in [6.07, 6.45) is 3.91. The van der Waals surface area contributed by atoms with Crippen LogP contribution >= 0.6 is 0 Å². The van der Waals surface area contributed by atoms with E-state index in [1.165, 1.54) is 0 Å². The number of hydrazine groups is 1. The average Bonchev–Trinajstić information content (AvgIpc) is 2.27. The maximum atomic E-state index is 5.64. The van der Waals surface area contributed by atoms with Gasteiger partial charge in [0.1, 0.15) is 0 Å². The van der Waals surface area contributed by atoms with E-state index >= 15 is 0 Å². The van der Waals surface area contributed by atoms with Gasteiger partial charge < -0.3 is 0 Å². The van der Waals surface area contributed by atoms with Crippen LogP contribution in [0.4, 0.5) is 0 Å². The van der Waals surface area contributed by atoms with Gasteiger partial charge in [-0.05, 0) is 32.9 Å². The van der Waals surface area contributed by atoms with Crippen LogP contribution < -0.4 is 11.3 Å². The Hall–Kier alpha value is -0.380. The first-order valence-corrected chi connectivity index (χ1v) is 5.92. The van der Waals surface area contributed by atoms with Crippen molar-refractivity contribution in [2.45, 2.75) is 52.1 Å². The van der Waals surface area contributed by atoms with Crippen LogP contribution in [0.1, 0.15) is 40.5 Å². The maximum absolute atomic E-state index is 5.64. The molecule has 0 amide bonds. The molecule has 3 heteroatoms. The van der Waals surface area contributed by atoms with Gasteiger partial charge in [-0.3, -0.25) is 16.2 Å². The van der Waals surface area contributed by atoms with Crippen LogP contribution in [0.15, 0.2) is 12.7 Å². The number of nitrogens with zero attached hydrogens (tertiary/aromatic N) is 1. The van der Waals surface area contributed by atoms with Crippen LogP contribution in [0.2, 0.25) is 0 Å². The molecule has 90 valence electrons. The third-order valence-corrected chi connectivity index (χ3v) is 3.56. The van der Waals surface area contributed by atoms with Crippen LogP contribution in [0, 0.1) is 0 Å². The second kappa shape index (κ2) is 6.99. The van der Waals surface area contributed by atoms with E-state index in [4.69, 9.17) is 5.84 Å². The number of hydrogen-bond acceptors (Lipinski definition) is 3. The van der Waals surface area contributed by atoms with Crippen molar-refractivity contribution in [2.24, 2.45) is 5.84 Å². The summed E-state index contributed by atoms with van der Waals surface area (Å²) in [6, 6.07) is 0.264. The number of nitrogens with one attached hydrogen (secondary N) is 1. The van der Waals surface area contributed by atoms with Crippen LogP contribution in [0.3, 0.4) is 0 Å². The quantitative estimate of drug-likeness (QED) is 0.368. The number of rotatable bonds is 8. The van der Waals surface area contributed by atoms with Crippen LogP contribution in [0.25, 0.3) is 0 Å². The van der Waals surface area contributed by atoms with Gasteiger partial charge in [0.25, 0.3) is 0 Å². The average molecular weight is 213 g/mol. The smallest absolute Gasteiger partial charge is 0.0426 e. The molecule has 0 radical (unpaired) electrons. The molecule has 0 rings (SSSR count). The fourth-order valence-electron chi connectivity index (χ4n) is 2.30. The molecular weight excluding hydrogens is 186 g/mol. The van der Waals surface area contributed by atoms with Crippen molar-refractivity contribution < 1.29 is 0 Å². The molecule has 0 aliphatic heterocycles. The van der Waals surface area contributed by atoms with Gasteiger partial charge in [0.15, 0.2) is 0 Å². The first-order valence-electron chi connectivity index (χ1n) is 5.92. The van der Waals surface area contributed by atoms with E-state index in [1.807, 2.05) is 6.08 Å². The van der Waals surface area contributed by atoms with E-state index in [2.05, 4.69) is 44.6 Å². The monoisotopic (exact) mass is 213 g/mol. The predicted molar refractivity (Wildman–Crippen MR) is 67.5 cm³/mol. The van der Waals surface area contributed by atoms with E-state index in [0.29, 0.717) is 0 Å². The summed E-state index contributed by atoms with van der Waals surface area (Å²) >= 11 is 0. The van der Waals surface area contributed by atoms with Gasteiger partial charge in [-0.15, -0.1) is 6.58 Å². The highest BCUT2D eigenvalue weighted by molar-refractivity contribution is 4.97. The van der Waals surface area contributed by atoms with Crippen molar-refractivity contribution in [1.82, 2.24) is 10.3 Å². The van der Waals surface area contributed by atoms with Crippen molar-refractivity contribution in [3.8, 4) is 0 Å². The molecule has 3 nitrogen and oxygen atoms in total. The zero-order valence-corrected chi connectivity index (χ0v) is 10.7. The minimum Gasteiger partial charge on any atom is -0.297 e. The van der Waals surface area contributed by atoms with Crippen molar-refractivity contribution in [3.63, 3.8) is 0 Å². The van der Waals surface area contributed by atoms with Gasteiger partial charge in [-0.2, -0.15) is 0 Å². The fraction of sp³-hybridized carbons (Fsp3) is 0.833. The highest BCUT2D eigenvalue weighted by Gasteiger charge is 2.35. The van der Waals surface area contributed by atoms with Gasteiger partial charge in [0.05, 0.1) is 0 Å². The Morgan fingerprint density at radius 1 is 1.40 bits per heavy atom. The molecule has 15 heavy (non-hydrogen) atoms. The molecule has 0 aromatic carbocycles. The third-order valence-electron chi connectivity index (χ3n) is 3.56. The second-order valence-corrected chi connectivity index (χ2v) is 4.13. The molecule has 2 unspecified atom stereocenters. The van der Waals surface area contributed by atoms with Crippen molar-refractivity contribution in [1.29, 1.82) is 0 Å². The zero-order valence-electron chi connectivity index (χ0n) is 10.7. The van der Waals surface area contributed by atoms with Gasteiger partial charge >= 0.3 is 0 Å². The summed E-state index contributed by atoms with van der Waals surface area (Å²) in [5, 5.41) is 0. The Morgan fingerprint density at radius 3 is 2.20 bits per heavy atom. The first kappa shape index (κ1) is 14.6. The summed E-state index contributed by atoms with van der Waals surface area (Å²) in [5.74, 6) is 5.64. The van der Waals surface area contributed by atoms with E-state index in [-0.39, 0.29) is 11.6 Å². The summed E-state index contributed by atoms with van der Waals surface area (Å²) in [5.41, 5.74) is 3.03. The first-order chi connectivity index (χ1) is 7.10. The summed E-state index contributed by atoms with van der Waals surface area (Å²) in [6.45, 7) is 14.8. The third kappa shape index (κ3) is 3.30. The molecular formula is C12H27N3. The van der Waals surface area contributed by atoms with Crippen LogP contribution in [-0.2, 0) is 0 Å². The standard InChI is InChI=1S/C12H27N3/c1-6-10-11(14-13)12(5,7-2)15(8-3)9-4/h6,11,14H,1,7-10,13H2,2-5H3. The molecule has 0 saturated carbocycles. The Balaban J connectivity index is 4.83. The van der Waals surface area contributed by atoms with Crippen molar-refractivity contribution in [3.05, 3.63) is 12.7 Å². The molecule has 0 saturated heterocycles. The van der Waals surface area contributed by atoms with E-state index in [0.717, 1.165) is 25.9 Å². The highest BCUT2D eigenvalue weighted by atomic mass is 15.3. The molecule has 2 atom stereocenters. The lowest BCUT2D eigenvalue weighted by Gasteiger charge is -2.45. The summed E-state index contributed by atoms with van der Waals surface area (Å²) in [4.78, 5) is 2.46. The topological polar surface area (TPSA) is 41.3 Å². The lowest BCUT2D eigenvalue weighted by molar-refractivity contribution is 0.0711. The highest BCUT2D eigenvalue weighted by Crippen LogP contribution is 2.25. The van der Waals surface area contributed by atoms with Crippen LogP contribution in [-0.4, -0.2) is 29.6 Å². The summed E-state index contributed by atoms with van der Waals surface area (Å²) < 4.78 is 0. The molecule has 0 bridgehead atoms. The molecule has 0 aliphatic rings. The predicted octanol–water partition coefficient (Wildman–Crippen LogP) is 1.90. The van der Waals surface area contributed by atoms with Gasteiger partial charge in [0.2, 0.25) is 0 Å². The van der Waals surface area contributed by atoms with Gasteiger partial charge in [-0.25, -0.2) is 0 Å². The van der Waals surface area contributed by atoms with Gasteiger partial charge in [0, 0.05) is 11.6 Å². The Labute approximate surface area is 94.7 Å². The van der Waals surface area contributed by atoms with E-state index in [1.54, 1.807) is 0 Å².